The average Bonchev–Trinajstić information content (AvgIpc) is 3.28. The standard InChI is InChI=1S/C19H28N4O2S2/c1-7-25-17(24)15-12(2)22-16(27-15)13(3)23-18(20-6)21-11-19(4,5)14-9-8-10-26-14/h8-10,13H,7,11H2,1-6H3,(H2,20,21,23). The molecule has 2 heterocycles. The lowest BCUT2D eigenvalue weighted by molar-refractivity contribution is 0.0531. The van der Waals surface area contributed by atoms with E-state index in [4.69, 9.17) is 4.74 Å². The van der Waals surface area contributed by atoms with E-state index in [1.807, 2.05) is 13.8 Å². The zero-order chi connectivity index (χ0) is 20.0. The van der Waals surface area contributed by atoms with Crippen LogP contribution in [0.3, 0.4) is 0 Å². The van der Waals surface area contributed by atoms with Crippen molar-refractivity contribution in [3.63, 3.8) is 0 Å². The largest absolute Gasteiger partial charge is 0.462 e. The van der Waals surface area contributed by atoms with E-state index in [1.165, 1.54) is 16.2 Å². The van der Waals surface area contributed by atoms with Gasteiger partial charge in [-0.15, -0.1) is 22.7 Å². The monoisotopic (exact) mass is 408 g/mol. The van der Waals surface area contributed by atoms with Gasteiger partial charge < -0.3 is 15.4 Å². The zero-order valence-corrected chi connectivity index (χ0v) is 18.4. The molecule has 148 valence electrons. The lowest BCUT2D eigenvalue weighted by Crippen LogP contribution is -2.44. The highest BCUT2D eigenvalue weighted by Crippen LogP contribution is 2.27. The third-order valence-corrected chi connectivity index (χ3v) is 6.66. The number of aromatic nitrogens is 1. The molecule has 0 amide bonds. The van der Waals surface area contributed by atoms with E-state index in [2.05, 4.69) is 52.0 Å². The molecule has 27 heavy (non-hydrogen) atoms. The number of thiazole rings is 1. The number of aryl methyl sites for hydroxylation is 1. The van der Waals surface area contributed by atoms with E-state index in [0.717, 1.165) is 11.6 Å². The Balaban J connectivity index is 2.00. The fourth-order valence-electron chi connectivity index (χ4n) is 2.51. The van der Waals surface area contributed by atoms with Crippen LogP contribution in [0.1, 0.15) is 59.0 Å². The number of nitrogens with one attached hydrogen (secondary N) is 2. The van der Waals surface area contributed by atoms with Crippen LogP contribution in [0.5, 0.6) is 0 Å². The first-order chi connectivity index (χ1) is 12.8. The van der Waals surface area contributed by atoms with Crippen molar-refractivity contribution in [1.82, 2.24) is 15.6 Å². The number of hydrogen-bond donors (Lipinski definition) is 2. The molecule has 0 aromatic carbocycles. The lowest BCUT2D eigenvalue weighted by atomic mass is 9.91. The minimum atomic E-state index is -0.314. The van der Waals surface area contributed by atoms with Gasteiger partial charge in [0.15, 0.2) is 5.96 Å². The van der Waals surface area contributed by atoms with Crippen LogP contribution in [-0.2, 0) is 10.2 Å². The Labute approximate surface area is 169 Å². The maximum absolute atomic E-state index is 12.0. The SMILES string of the molecule is CCOC(=O)c1sc(C(C)NC(=NC)NCC(C)(C)c2cccs2)nc1C. The molecule has 0 spiro atoms. The van der Waals surface area contributed by atoms with E-state index in [-0.39, 0.29) is 17.4 Å². The molecule has 0 fully saturated rings. The van der Waals surface area contributed by atoms with Gasteiger partial charge in [-0.1, -0.05) is 19.9 Å². The summed E-state index contributed by atoms with van der Waals surface area (Å²) in [6.45, 7) is 11.2. The summed E-state index contributed by atoms with van der Waals surface area (Å²) in [5, 5.41) is 9.67. The van der Waals surface area contributed by atoms with E-state index < -0.39 is 0 Å². The van der Waals surface area contributed by atoms with Gasteiger partial charge in [-0.25, -0.2) is 9.78 Å². The molecule has 1 unspecified atom stereocenters. The van der Waals surface area contributed by atoms with Gasteiger partial charge in [0.1, 0.15) is 9.88 Å². The van der Waals surface area contributed by atoms with Gasteiger partial charge in [0, 0.05) is 23.9 Å². The second kappa shape index (κ2) is 9.32. The first-order valence-electron chi connectivity index (χ1n) is 8.94. The van der Waals surface area contributed by atoms with Gasteiger partial charge in [-0.2, -0.15) is 0 Å². The number of carbonyl (C=O) groups is 1. The number of esters is 1. The maximum atomic E-state index is 12.0. The van der Waals surface area contributed by atoms with Crippen LogP contribution in [-0.4, -0.2) is 37.1 Å². The van der Waals surface area contributed by atoms with Crippen LogP contribution in [0.2, 0.25) is 0 Å². The highest BCUT2D eigenvalue weighted by atomic mass is 32.1. The molecule has 0 aliphatic heterocycles. The van der Waals surface area contributed by atoms with Gasteiger partial charge in [0.05, 0.1) is 18.3 Å². The minimum absolute atomic E-state index is 0.00384. The fraction of sp³-hybridized carbons (Fsp3) is 0.526. The molecule has 2 rings (SSSR count). The Morgan fingerprint density at radius 2 is 2.19 bits per heavy atom. The molecule has 1 atom stereocenters. The quantitative estimate of drug-likeness (QED) is 0.413. The molecule has 2 aromatic heterocycles. The molecule has 0 radical (unpaired) electrons. The Hall–Kier alpha value is -1.93. The fourth-order valence-corrected chi connectivity index (χ4v) is 4.32. The second-order valence-electron chi connectivity index (χ2n) is 6.84. The number of rotatable bonds is 7. The van der Waals surface area contributed by atoms with E-state index in [0.29, 0.717) is 23.1 Å². The number of thiophene rings is 1. The van der Waals surface area contributed by atoms with Gasteiger partial charge in [0.2, 0.25) is 0 Å². The number of nitrogens with zero attached hydrogens (tertiary/aromatic N) is 2. The topological polar surface area (TPSA) is 75.6 Å². The first kappa shape index (κ1) is 21.4. The van der Waals surface area contributed by atoms with Gasteiger partial charge in [0.25, 0.3) is 0 Å². The molecule has 0 aliphatic rings. The van der Waals surface area contributed by atoms with Crippen molar-refractivity contribution in [2.24, 2.45) is 4.99 Å². The summed E-state index contributed by atoms with van der Waals surface area (Å²) in [4.78, 5) is 22.7. The molecule has 2 aromatic rings. The van der Waals surface area contributed by atoms with E-state index in [1.54, 1.807) is 25.3 Å². The predicted octanol–water partition coefficient (Wildman–Crippen LogP) is 3.89. The average molecular weight is 409 g/mol. The lowest BCUT2D eigenvalue weighted by Gasteiger charge is -2.25. The number of guanidine groups is 1. The Morgan fingerprint density at radius 1 is 1.44 bits per heavy atom. The normalized spacial score (nSPS) is 13.3. The summed E-state index contributed by atoms with van der Waals surface area (Å²) in [6.07, 6.45) is 0. The number of ether oxygens (including phenoxy) is 1. The molecule has 0 saturated carbocycles. The minimum Gasteiger partial charge on any atom is -0.462 e. The Morgan fingerprint density at radius 3 is 2.78 bits per heavy atom. The van der Waals surface area contributed by atoms with Crippen LogP contribution in [0.4, 0.5) is 0 Å². The zero-order valence-electron chi connectivity index (χ0n) is 16.8. The summed E-state index contributed by atoms with van der Waals surface area (Å²) in [5.41, 5.74) is 0.702. The smallest absolute Gasteiger partial charge is 0.350 e. The maximum Gasteiger partial charge on any atom is 0.350 e. The van der Waals surface area contributed by atoms with Crippen molar-refractivity contribution in [2.45, 2.75) is 46.1 Å². The summed E-state index contributed by atoms with van der Waals surface area (Å²) in [7, 11) is 1.75. The number of carbonyl (C=O) groups excluding carboxylic acids is 1. The third-order valence-electron chi connectivity index (χ3n) is 4.11. The third kappa shape index (κ3) is 5.52. The molecule has 0 saturated heterocycles. The summed E-state index contributed by atoms with van der Waals surface area (Å²) >= 11 is 3.12. The van der Waals surface area contributed by atoms with Crippen molar-refractivity contribution in [2.75, 3.05) is 20.2 Å². The summed E-state index contributed by atoms with van der Waals surface area (Å²) in [6, 6.07) is 4.15. The Kier molecular flexibility index (Phi) is 7.38. The van der Waals surface area contributed by atoms with Crippen LogP contribution in [0.15, 0.2) is 22.5 Å². The second-order valence-corrected chi connectivity index (χ2v) is 8.82. The van der Waals surface area contributed by atoms with Crippen molar-refractivity contribution in [1.29, 1.82) is 0 Å². The summed E-state index contributed by atoms with van der Waals surface area (Å²) in [5.74, 6) is 0.392. The van der Waals surface area contributed by atoms with Crippen LogP contribution >= 0.6 is 22.7 Å². The van der Waals surface area contributed by atoms with Gasteiger partial charge >= 0.3 is 5.97 Å². The van der Waals surface area contributed by atoms with E-state index in [9.17, 15) is 4.79 Å². The molecular formula is C19H28N4O2S2. The van der Waals surface area contributed by atoms with Crippen molar-refractivity contribution >= 4 is 34.6 Å². The number of hydrogen-bond acceptors (Lipinski definition) is 6. The molecule has 0 aliphatic carbocycles. The molecule has 6 nitrogen and oxygen atoms in total. The molecule has 2 N–H and O–H groups in total. The van der Waals surface area contributed by atoms with E-state index >= 15 is 0 Å². The highest BCUT2D eigenvalue weighted by Gasteiger charge is 2.23. The van der Waals surface area contributed by atoms with Crippen LogP contribution in [0, 0.1) is 6.92 Å². The van der Waals surface area contributed by atoms with Gasteiger partial charge in [-0.05, 0) is 32.2 Å². The van der Waals surface area contributed by atoms with Crippen molar-refractivity contribution in [3.8, 4) is 0 Å². The van der Waals surface area contributed by atoms with Crippen molar-refractivity contribution < 1.29 is 9.53 Å². The van der Waals surface area contributed by atoms with Crippen molar-refractivity contribution in [3.05, 3.63) is 38.0 Å². The highest BCUT2D eigenvalue weighted by molar-refractivity contribution is 7.13. The predicted molar refractivity (Wildman–Crippen MR) is 113 cm³/mol. The molecular weight excluding hydrogens is 380 g/mol. The van der Waals surface area contributed by atoms with Crippen LogP contribution in [0.25, 0.3) is 0 Å². The molecule has 8 heteroatoms. The summed E-state index contributed by atoms with van der Waals surface area (Å²) < 4.78 is 5.09. The van der Waals surface area contributed by atoms with Gasteiger partial charge in [-0.3, -0.25) is 4.99 Å². The number of aliphatic imine (C=N–C) groups is 1. The molecule has 0 bridgehead atoms. The Bertz CT molecular complexity index is 782. The first-order valence-corrected chi connectivity index (χ1v) is 10.6. The van der Waals surface area contributed by atoms with Crippen LogP contribution < -0.4 is 10.6 Å².